The van der Waals surface area contributed by atoms with Gasteiger partial charge < -0.3 is 4.98 Å². The van der Waals surface area contributed by atoms with Crippen LogP contribution in [0.15, 0.2) is 30.9 Å². The first-order valence-corrected chi connectivity index (χ1v) is 6.04. The Labute approximate surface area is 106 Å². The summed E-state index contributed by atoms with van der Waals surface area (Å²) in [6.45, 7) is 4.26. The van der Waals surface area contributed by atoms with Crippen LogP contribution in [0.1, 0.15) is 36.6 Å². The van der Waals surface area contributed by atoms with Crippen molar-refractivity contribution in [3.8, 4) is 0 Å². The fourth-order valence-corrected chi connectivity index (χ4v) is 2.31. The highest BCUT2D eigenvalue weighted by Gasteiger charge is 2.10. The van der Waals surface area contributed by atoms with Gasteiger partial charge in [-0.2, -0.15) is 0 Å². The Bertz CT molecular complexity index is 546. The lowest BCUT2D eigenvalue weighted by Crippen LogP contribution is -2.03. The summed E-state index contributed by atoms with van der Waals surface area (Å²) < 4.78 is 0.692. The minimum atomic E-state index is 0.374. The quantitative estimate of drug-likeness (QED) is 0.844. The van der Waals surface area contributed by atoms with E-state index in [9.17, 15) is 0 Å². The highest BCUT2D eigenvalue weighted by atomic mass is 32.1. The SMILES string of the molecule is CC(C)c1c(Cc2cccnc2)[nH]cnc1=S. The number of rotatable bonds is 3. The Morgan fingerprint density at radius 2 is 2.24 bits per heavy atom. The topological polar surface area (TPSA) is 41.6 Å². The molecular weight excluding hydrogens is 230 g/mol. The molecule has 0 atom stereocenters. The van der Waals surface area contributed by atoms with Crippen LogP contribution in [-0.4, -0.2) is 15.0 Å². The standard InChI is InChI=1S/C13H15N3S/c1-9(2)12-11(15-8-16-13(12)17)6-10-4-3-5-14-7-10/h3-5,7-9H,6H2,1-2H3,(H,15,16,17). The molecule has 0 saturated carbocycles. The highest BCUT2D eigenvalue weighted by Crippen LogP contribution is 2.20. The highest BCUT2D eigenvalue weighted by molar-refractivity contribution is 7.71. The molecule has 0 amide bonds. The van der Waals surface area contributed by atoms with Crippen LogP contribution in [0.3, 0.4) is 0 Å². The molecule has 0 aliphatic heterocycles. The maximum Gasteiger partial charge on any atom is 0.133 e. The van der Waals surface area contributed by atoms with Crippen LogP contribution < -0.4 is 0 Å². The number of nitrogens with zero attached hydrogens (tertiary/aromatic N) is 2. The summed E-state index contributed by atoms with van der Waals surface area (Å²) in [4.78, 5) is 11.5. The maximum atomic E-state index is 5.29. The summed E-state index contributed by atoms with van der Waals surface area (Å²) in [6, 6.07) is 4.01. The van der Waals surface area contributed by atoms with E-state index in [4.69, 9.17) is 12.2 Å². The molecule has 0 aromatic carbocycles. The van der Waals surface area contributed by atoms with Gasteiger partial charge in [-0.05, 0) is 17.5 Å². The second kappa shape index (κ2) is 5.19. The van der Waals surface area contributed by atoms with Crippen molar-refractivity contribution in [2.75, 3.05) is 0 Å². The van der Waals surface area contributed by atoms with Gasteiger partial charge in [0.15, 0.2) is 0 Å². The smallest absolute Gasteiger partial charge is 0.133 e. The number of aromatic amines is 1. The Hall–Kier alpha value is -1.55. The number of aromatic nitrogens is 3. The van der Waals surface area contributed by atoms with Gasteiger partial charge >= 0.3 is 0 Å². The zero-order chi connectivity index (χ0) is 12.3. The summed E-state index contributed by atoms with van der Waals surface area (Å²) in [5.74, 6) is 0.374. The van der Waals surface area contributed by atoms with Gasteiger partial charge in [0, 0.05) is 30.1 Å². The normalized spacial score (nSPS) is 10.8. The zero-order valence-electron chi connectivity index (χ0n) is 9.97. The zero-order valence-corrected chi connectivity index (χ0v) is 10.8. The van der Waals surface area contributed by atoms with E-state index in [2.05, 4.69) is 34.9 Å². The first-order chi connectivity index (χ1) is 8.18. The molecule has 3 nitrogen and oxygen atoms in total. The lowest BCUT2D eigenvalue weighted by atomic mass is 9.99. The lowest BCUT2D eigenvalue weighted by molar-refractivity contribution is 0.809. The van der Waals surface area contributed by atoms with Crippen molar-refractivity contribution in [3.63, 3.8) is 0 Å². The maximum absolute atomic E-state index is 5.29. The molecule has 0 unspecified atom stereocenters. The minimum Gasteiger partial charge on any atom is -0.349 e. The van der Waals surface area contributed by atoms with E-state index in [-0.39, 0.29) is 0 Å². The van der Waals surface area contributed by atoms with Crippen molar-refractivity contribution in [2.45, 2.75) is 26.2 Å². The summed E-state index contributed by atoms with van der Waals surface area (Å²) in [5, 5.41) is 0. The molecule has 2 heterocycles. The van der Waals surface area contributed by atoms with Crippen LogP contribution >= 0.6 is 12.2 Å². The third kappa shape index (κ3) is 2.77. The van der Waals surface area contributed by atoms with Gasteiger partial charge in [0.1, 0.15) is 4.64 Å². The summed E-state index contributed by atoms with van der Waals surface area (Å²) in [6.07, 6.45) is 6.14. The molecule has 2 aromatic rings. The van der Waals surface area contributed by atoms with Gasteiger partial charge in [-0.1, -0.05) is 32.1 Å². The van der Waals surface area contributed by atoms with Crippen molar-refractivity contribution < 1.29 is 0 Å². The number of nitrogens with one attached hydrogen (secondary N) is 1. The molecule has 0 saturated heterocycles. The molecule has 4 heteroatoms. The largest absolute Gasteiger partial charge is 0.349 e. The van der Waals surface area contributed by atoms with Gasteiger partial charge in [-0.15, -0.1) is 0 Å². The number of pyridine rings is 1. The summed E-state index contributed by atoms with van der Waals surface area (Å²) >= 11 is 5.29. The lowest BCUT2D eigenvalue weighted by Gasteiger charge is -2.11. The Balaban J connectivity index is 2.40. The third-order valence-corrected chi connectivity index (χ3v) is 2.98. The molecule has 2 rings (SSSR count). The van der Waals surface area contributed by atoms with Gasteiger partial charge in [0.2, 0.25) is 0 Å². The molecule has 1 N–H and O–H groups in total. The van der Waals surface area contributed by atoms with Crippen LogP contribution in [0.2, 0.25) is 0 Å². The molecule has 2 aromatic heterocycles. The van der Waals surface area contributed by atoms with Crippen molar-refractivity contribution in [2.24, 2.45) is 0 Å². The van der Waals surface area contributed by atoms with E-state index in [1.54, 1.807) is 12.5 Å². The average Bonchev–Trinajstić information content (AvgIpc) is 2.30. The molecule has 88 valence electrons. The predicted molar refractivity (Wildman–Crippen MR) is 70.6 cm³/mol. The fraction of sp³-hybridized carbons (Fsp3) is 0.308. The van der Waals surface area contributed by atoms with E-state index in [1.807, 2.05) is 12.3 Å². The van der Waals surface area contributed by atoms with Crippen LogP contribution in [0.25, 0.3) is 0 Å². The summed E-state index contributed by atoms with van der Waals surface area (Å²) in [7, 11) is 0. The van der Waals surface area contributed by atoms with E-state index in [0.29, 0.717) is 10.6 Å². The monoisotopic (exact) mass is 245 g/mol. The molecule has 0 spiro atoms. The predicted octanol–water partition coefficient (Wildman–Crippen LogP) is 3.25. The molecule has 0 aliphatic carbocycles. The first kappa shape index (κ1) is 11.9. The molecule has 0 bridgehead atoms. The van der Waals surface area contributed by atoms with Crippen LogP contribution in [0.4, 0.5) is 0 Å². The molecule has 0 aliphatic rings. The second-order valence-corrected chi connectivity index (χ2v) is 4.68. The van der Waals surface area contributed by atoms with E-state index in [0.717, 1.165) is 17.7 Å². The second-order valence-electron chi connectivity index (χ2n) is 4.29. The van der Waals surface area contributed by atoms with Gasteiger partial charge in [0.05, 0.1) is 6.33 Å². The first-order valence-electron chi connectivity index (χ1n) is 5.64. The van der Waals surface area contributed by atoms with E-state index < -0.39 is 0 Å². The number of hydrogen-bond donors (Lipinski definition) is 1. The summed E-state index contributed by atoms with van der Waals surface area (Å²) in [5.41, 5.74) is 3.44. The van der Waals surface area contributed by atoms with Crippen molar-refractivity contribution in [1.82, 2.24) is 15.0 Å². The Morgan fingerprint density at radius 3 is 2.88 bits per heavy atom. The van der Waals surface area contributed by atoms with E-state index in [1.165, 1.54) is 5.56 Å². The molecule has 17 heavy (non-hydrogen) atoms. The Kier molecular flexibility index (Phi) is 3.64. The fourth-order valence-electron chi connectivity index (χ4n) is 1.89. The van der Waals surface area contributed by atoms with Crippen molar-refractivity contribution in [3.05, 3.63) is 52.3 Å². The van der Waals surface area contributed by atoms with Crippen molar-refractivity contribution >= 4 is 12.2 Å². The van der Waals surface area contributed by atoms with Gasteiger partial charge in [0.25, 0.3) is 0 Å². The average molecular weight is 245 g/mol. The van der Waals surface area contributed by atoms with Crippen molar-refractivity contribution in [1.29, 1.82) is 0 Å². The van der Waals surface area contributed by atoms with Crippen LogP contribution in [0.5, 0.6) is 0 Å². The Morgan fingerprint density at radius 1 is 1.41 bits per heavy atom. The van der Waals surface area contributed by atoms with Crippen LogP contribution in [-0.2, 0) is 6.42 Å². The number of H-pyrrole nitrogens is 1. The number of hydrogen-bond acceptors (Lipinski definition) is 3. The van der Waals surface area contributed by atoms with Gasteiger partial charge in [-0.25, -0.2) is 4.98 Å². The van der Waals surface area contributed by atoms with Crippen LogP contribution in [0, 0.1) is 4.64 Å². The molecule has 0 fully saturated rings. The van der Waals surface area contributed by atoms with Gasteiger partial charge in [-0.3, -0.25) is 4.98 Å². The molecular formula is C13H15N3S. The minimum absolute atomic E-state index is 0.374. The molecule has 0 radical (unpaired) electrons. The van der Waals surface area contributed by atoms with E-state index >= 15 is 0 Å². The third-order valence-electron chi connectivity index (χ3n) is 2.66.